The summed E-state index contributed by atoms with van der Waals surface area (Å²) in [5, 5.41) is 6.09. The zero-order valence-electron chi connectivity index (χ0n) is 13.2. The van der Waals surface area contributed by atoms with Crippen LogP contribution in [0, 0.1) is 0 Å². The topological polar surface area (TPSA) is 84.5 Å². The molecule has 1 heterocycles. The summed E-state index contributed by atoms with van der Waals surface area (Å²) < 4.78 is 28.2. The maximum absolute atomic E-state index is 11.7. The lowest BCUT2D eigenvalue weighted by molar-refractivity contribution is -0.121. The molecule has 0 bridgehead atoms. The van der Waals surface area contributed by atoms with Gasteiger partial charge in [0.25, 0.3) is 0 Å². The fraction of sp³-hybridized carbons (Fsp3) is 0.438. The molecule has 1 amide bonds. The van der Waals surface area contributed by atoms with Crippen LogP contribution in [0.4, 0.5) is 0 Å². The van der Waals surface area contributed by atoms with Crippen LogP contribution in [0.5, 0.6) is 5.75 Å². The molecule has 1 aliphatic rings. The lowest BCUT2D eigenvalue weighted by Crippen LogP contribution is -2.30. The zero-order chi connectivity index (χ0) is 16.7. The Morgan fingerprint density at radius 3 is 2.65 bits per heavy atom. The van der Waals surface area contributed by atoms with E-state index in [4.69, 9.17) is 4.74 Å². The lowest BCUT2D eigenvalue weighted by Gasteiger charge is -2.14. The van der Waals surface area contributed by atoms with Gasteiger partial charge in [0.15, 0.2) is 9.84 Å². The minimum atomic E-state index is -3.20. The number of benzene rings is 1. The van der Waals surface area contributed by atoms with E-state index in [2.05, 4.69) is 16.7 Å². The summed E-state index contributed by atoms with van der Waals surface area (Å²) in [6.07, 6.45) is 4.48. The normalized spacial score (nSPS) is 14.9. The van der Waals surface area contributed by atoms with Gasteiger partial charge in [-0.15, -0.1) is 0 Å². The van der Waals surface area contributed by atoms with Crippen molar-refractivity contribution in [1.82, 2.24) is 10.6 Å². The van der Waals surface area contributed by atoms with Crippen molar-refractivity contribution >= 4 is 15.7 Å². The Hall–Kier alpha value is -1.86. The molecule has 23 heavy (non-hydrogen) atoms. The molecule has 1 aromatic carbocycles. The fourth-order valence-electron chi connectivity index (χ4n) is 2.18. The van der Waals surface area contributed by atoms with Crippen molar-refractivity contribution in [3.8, 4) is 5.75 Å². The molecule has 0 saturated heterocycles. The standard InChI is InChI=1S/C16H22N2O4S/c1-23(20,21)15-4-2-14(3-5-15)22-11-8-16(19)18-12-13-6-9-17-10-7-13/h2-6,17H,7-12H2,1H3,(H,18,19). The summed E-state index contributed by atoms with van der Waals surface area (Å²) in [6.45, 7) is 2.65. The third-order valence-corrected chi connectivity index (χ3v) is 4.65. The van der Waals surface area contributed by atoms with Crippen LogP contribution in [0.1, 0.15) is 12.8 Å². The molecule has 6 nitrogen and oxygen atoms in total. The van der Waals surface area contributed by atoms with Gasteiger partial charge in [0.05, 0.1) is 17.9 Å². The van der Waals surface area contributed by atoms with E-state index in [1.165, 1.54) is 17.7 Å². The monoisotopic (exact) mass is 338 g/mol. The second kappa shape index (κ2) is 8.12. The van der Waals surface area contributed by atoms with Crippen molar-refractivity contribution in [2.75, 3.05) is 32.5 Å². The van der Waals surface area contributed by atoms with E-state index in [-0.39, 0.29) is 23.8 Å². The molecule has 7 heteroatoms. The quantitative estimate of drug-likeness (QED) is 0.722. The molecule has 126 valence electrons. The van der Waals surface area contributed by atoms with Gasteiger partial charge in [0.1, 0.15) is 5.75 Å². The maximum atomic E-state index is 11.7. The average molecular weight is 338 g/mol. The number of hydrogen-bond acceptors (Lipinski definition) is 5. The summed E-state index contributed by atoms with van der Waals surface area (Å²) >= 11 is 0. The molecule has 0 atom stereocenters. The van der Waals surface area contributed by atoms with E-state index in [1.54, 1.807) is 12.1 Å². The molecular weight excluding hydrogens is 316 g/mol. The highest BCUT2D eigenvalue weighted by Gasteiger charge is 2.08. The van der Waals surface area contributed by atoms with E-state index in [0.717, 1.165) is 25.8 Å². The second-order valence-electron chi connectivity index (χ2n) is 5.44. The zero-order valence-corrected chi connectivity index (χ0v) is 14.0. The molecule has 0 spiro atoms. The van der Waals surface area contributed by atoms with Gasteiger partial charge in [0, 0.05) is 19.3 Å². The Labute approximate surface area is 136 Å². The predicted molar refractivity (Wildman–Crippen MR) is 88.2 cm³/mol. The number of carbonyl (C=O) groups excluding carboxylic acids is 1. The van der Waals surface area contributed by atoms with Crippen LogP contribution in [0.2, 0.25) is 0 Å². The number of nitrogens with one attached hydrogen (secondary N) is 2. The number of amides is 1. The van der Waals surface area contributed by atoms with Gasteiger partial charge in [-0.2, -0.15) is 0 Å². The van der Waals surface area contributed by atoms with E-state index in [1.807, 2.05) is 0 Å². The molecule has 2 N–H and O–H groups in total. The van der Waals surface area contributed by atoms with Crippen LogP contribution in [0.15, 0.2) is 40.8 Å². The van der Waals surface area contributed by atoms with Crippen molar-refractivity contribution < 1.29 is 17.9 Å². The number of ether oxygens (including phenoxy) is 1. The first kappa shape index (κ1) is 17.5. The first-order chi connectivity index (χ1) is 10.9. The molecule has 0 fully saturated rings. The smallest absolute Gasteiger partial charge is 0.223 e. The van der Waals surface area contributed by atoms with E-state index in [0.29, 0.717) is 12.3 Å². The summed E-state index contributed by atoms with van der Waals surface area (Å²) in [4.78, 5) is 12.0. The highest BCUT2D eigenvalue weighted by atomic mass is 32.2. The van der Waals surface area contributed by atoms with Crippen molar-refractivity contribution in [3.63, 3.8) is 0 Å². The molecule has 0 radical (unpaired) electrons. The van der Waals surface area contributed by atoms with Gasteiger partial charge in [-0.3, -0.25) is 4.79 Å². The second-order valence-corrected chi connectivity index (χ2v) is 7.45. The molecule has 1 aromatic rings. The molecule has 1 aliphatic heterocycles. The van der Waals surface area contributed by atoms with E-state index >= 15 is 0 Å². The van der Waals surface area contributed by atoms with Gasteiger partial charge >= 0.3 is 0 Å². The van der Waals surface area contributed by atoms with E-state index < -0.39 is 9.84 Å². The molecule has 0 unspecified atom stereocenters. The Morgan fingerprint density at radius 2 is 2.04 bits per heavy atom. The fourth-order valence-corrected chi connectivity index (χ4v) is 2.81. The molecule has 0 aliphatic carbocycles. The summed E-state index contributed by atoms with van der Waals surface area (Å²) in [7, 11) is -3.20. The summed E-state index contributed by atoms with van der Waals surface area (Å²) in [6, 6.07) is 6.17. The number of rotatable bonds is 7. The van der Waals surface area contributed by atoms with Crippen molar-refractivity contribution in [3.05, 3.63) is 35.9 Å². The van der Waals surface area contributed by atoms with E-state index in [9.17, 15) is 13.2 Å². The van der Waals surface area contributed by atoms with Crippen molar-refractivity contribution in [1.29, 1.82) is 0 Å². The van der Waals surface area contributed by atoms with Crippen LogP contribution < -0.4 is 15.4 Å². The largest absolute Gasteiger partial charge is 0.493 e. The van der Waals surface area contributed by atoms with Gasteiger partial charge in [-0.05, 0) is 37.2 Å². The Balaban J connectivity index is 1.70. The highest BCUT2D eigenvalue weighted by molar-refractivity contribution is 7.90. The van der Waals surface area contributed by atoms with Crippen LogP contribution in [0.3, 0.4) is 0 Å². The Bertz CT molecular complexity index is 666. The maximum Gasteiger partial charge on any atom is 0.223 e. The number of carbonyl (C=O) groups is 1. The Morgan fingerprint density at radius 1 is 1.30 bits per heavy atom. The van der Waals surface area contributed by atoms with Crippen LogP contribution in [-0.4, -0.2) is 46.8 Å². The predicted octanol–water partition coefficient (Wildman–Crippen LogP) is 0.895. The third kappa shape index (κ3) is 6.03. The lowest BCUT2D eigenvalue weighted by atomic mass is 10.1. The van der Waals surface area contributed by atoms with Gasteiger partial charge in [-0.1, -0.05) is 11.6 Å². The SMILES string of the molecule is CS(=O)(=O)c1ccc(OCCC(=O)NCC2=CCNCC2)cc1. The van der Waals surface area contributed by atoms with Crippen LogP contribution in [0.25, 0.3) is 0 Å². The molecule has 2 rings (SSSR count). The summed E-state index contributed by atoms with van der Waals surface area (Å²) in [5.41, 5.74) is 1.24. The summed E-state index contributed by atoms with van der Waals surface area (Å²) in [5.74, 6) is 0.489. The number of sulfone groups is 1. The Kier molecular flexibility index (Phi) is 6.18. The first-order valence-electron chi connectivity index (χ1n) is 7.53. The highest BCUT2D eigenvalue weighted by Crippen LogP contribution is 2.15. The molecular formula is C16H22N2O4S. The minimum absolute atomic E-state index is 0.0582. The molecule has 0 saturated carbocycles. The third-order valence-electron chi connectivity index (χ3n) is 3.52. The first-order valence-corrected chi connectivity index (χ1v) is 9.42. The van der Waals surface area contributed by atoms with Crippen LogP contribution in [-0.2, 0) is 14.6 Å². The van der Waals surface area contributed by atoms with Gasteiger partial charge < -0.3 is 15.4 Å². The average Bonchev–Trinajstić information content (AvgIpc) is 2.53. The van der Waals surface area contributed by atoms with Gasteiger partial charge in [0.2, 0.25) is 5.91 Å². The number of hydrogen-bond donors (Lipinski definition) is 2. The van der Waals surface area contributed by atoms with Crippen molar-refractivity contribution in [2.24, 2.45) is 0 Å². The molecule has 0 aromatic heterocycles. The minimum Gasteiger partial charge on any atom is -0.493 e. The van der Waals surface area contributed by atoms with Crippen LogP contribution >= 0.6 is 0 Å². The van der Waals surface area contributed by atoms with Crippen molar-refractivity contribution in [2.45, 2.75) is 17.7 Å². The van der Waals surface area contributed by atoms with Gasteiger partial charge in [-0.25, -0.2) is 8.42 Å².